The summed E-state index contributed by atoms with van der Waals surface area (Å²) in [6, 6.07) is 8.73. The Kier molecular flexibility index (Phi) is 4.63. The second-order valence-electron chi connectivity index (χ2n) is 6.21. The number of halogens is 1. The molecule has 1 fully saturated rings. The van der Waals surface area contributed by atoms with Crippen molar-refractivity contribution in [1.82, 2.24) is 9.88 Å². The highest BCUT2D eigenvalue weighted by Gasteiger charge is 2.32. The number of hydrogen-bond donors (Lipinski definition) is 0. The van der Waals surface area contributed by atoms with Crippen molar-refractivity contribution in [2.75, 3.05) is 0 Å². The fourth-order valence-corrected chi connectivity index (χ4v) is 4.29. The minimum absolute atomic E-state index is 0.0917. The molecule has 0 aliphatic heterocycles. The van der Waals surface area contributed by atoms with Gasteiger partial charge in [-0.1, -0.05) is 12.1 Å². The SMILES string of the molecule is O=C(Cc1csc(-c2ccsc2)n1)N(Cc1ccc(F)cc1)C1CC1. The fraction of sp³-hybridized carbons (Fsp3) is 0.263. The summed E-state index contributed by atoms with van der Waals surface area (Å²) < 4.78 is 13.1. The van der Waals surface area contributed by atoms with E-state index in [0.29, 0.717) is 19.0 Å². The zero-order valence-corrected chi connectivity index (χ0v) is 15.2. The summed E-state index contributed by atoms with van der Waals surface area (Å²) in [5.74, 6) is -0.162. The molecule has 1 aliphatic rings. The maximum Gasteiger partial charge on any atom is 0.229 e. The van der Waals surface area contributed by atoms with Gasteiger partial charge in [-0.05, 0) is 42.0 Å². The van der Waals surface area contributed by atoms with Gasteiger partial charge in [-0.25, -0.2) is 9.37 Å². The van der Waals surface area contributed by atoms with Gasteiger partial charge < -0.3 is 4.90 Å². The summed E-state index contributed by atoms with van der Waals surface area (Å²) in [5, 5.41) is 7.02. The highest BCUT2D eigenvalue weighted by Crippen LogP contribution is 2.30. The van der Waals surface area contributed by atoms with Crippen molar-refractivity contribution in [3.05, 3.63) is 63.5 Å². The van der Waals surface area contributed by atoms with Gasteiger partial charge in [-0.15, -0.1) is 11.3 Å². The van der Waals surface area contributed by atoms with E-state index in [1.807, 2.05) is 21.7 Å². The second kappa shape index (κ2) is 7.06. The van der Waals surface area contributed by atoms with Gasteiger partial charge in [0.2, 0.25) is 5.91 Å². The smallest absolute Gasteiger partial charge is 0.229 e. The lowest BCUT2D eigenvalue weighted by Gasteiger charge is -2.22. The molecule has 4 rings (SSSR count). The van der Waals surface area contributed by atoms with Crippen LogP contribution in [0, 0.1) is 5.82 Å². The Balaban J connectivity index is 1.45. The van der Waals surface area contributed by atoms with Crippen LogP contribution >= 0.6 is 22.7 Å². The summed E-state index contributed by atoms with van der Waals surface area (Å²) >= 11 is 3.22. The van der Waals surface area contributed by atoms with Crippen LogP contribution in [0.1, 0.15) is 24.1 Å². The van der Waals surface area contributed by atoms with Crippen LogP contribution in [0.3, 0.4) is 0 Å². The third kappa shape index (κ3) is 3.96. The van der Waals surface area contributed by atoms with Crippen LogP contribution in [-0.2, 0) is 17.8 Å². The van der Waals surface area contributed by atoms with E-state index in [-0.39, 0.29) is 11.7 Å². The minimum Gasteiger partial charge on any atom is -0.335 e. The molecular weight excluding hydrogens is 355 g/mol. The van der Waals surface area contributed by atoms with Crippen LogP contribution in [0.25, 0.3) is 10.6 Å². The number of rotatable bonds is 6. The molecule has 0 spiro atoms. The molecule has 0 radical (unpaired) electrons. The number of aromatic nitrogens is 1. The third-order valence-corrected chi connectivity index (χ3v) is 5.85. The predicted octanol–water partition coefficient (Wildman–Crippen LogP) is 4.74. The lowest BCUT2D eigenvalue weighted by molar-refractivity contribution is -0.131. The maximum atomic E-state index is 13.1. The monoisotopic (exact) mass is 372 g/mol. The van der Waals surface area contributed by atoms with E-state index in [1.165, 1.54) is 12.1 Å². The number of hydrogen-bond acceptors (Lipinski definition) is 4. The molecule has 0 N–H and O–H groups in total. The standard InChI is InChI=1S/C19H17FN2OS2/c20-15-3-1-13(2-4-15)10-22(17-5-6-17)18(23)9-16-12-25-19(21-16)14-7-8-24-11-14/h1-4,7-8,11-12,17H,5-6,9-10H2. The van der Waals surface area contributed by atoms with Crippen molar-refractivity contribution in [1.29, 1.82) is 0 Å². The molecule has 3 aromatic rings. The van der Waals surface area contributed by atoms with Crippen LogP contribution in [0.2, 0.25) is 0 Å². The Bertz CT molecular complexity index is 854. The molecule has 2 aromatic heterocycles. The number of carbonyl (C=O) groups excluding carboxylic acids is 1. The molecule has 0 bridgehead atoms. The van der Waals surface area contributed by atoms with Crippen molar-refractivity contribution in [2.24, 2.45) is 0 Å². The van der Waals surface area contributed by atoms with E-state index in [9.17, 15) is 9.18 Å². The maximum absolute atomic E-state index is 13.1. The van der Waals surface area contributed by atoms with Gasteiger partial charge in [0.15, 0.2) is 0 Å². The first-order valence-electron chi connectivity index (χ1n) is 8.20. The Hall–Kier alpha value is -2.05. The summed E-state index contributed by atoms with van der Waals surface area (Å²) in [6.45, 7) is 0.533. The summed E-state index contributed by atoms with van der Waals surface area (Å²) in [6.07, 6.45) is 2.41. The number of amides is 1. The zero-order chi connectivity index (χ0) is 17.2. The summed E-state index contributed by atoms with van der Waals surface area (Å²) in [5.41, 5.74) is 2.89. The van der Waals surface area contributed by atoms with Crippen LogP contribution in [0.5, 0.6) is 0 Å². The van der Waals surface area contributed by atoms with E-state index in [4.69, 9.17) is 0 Å². The third-order valence-electron chi connectivity index (χ3n) is 4.23. The Labute approximate surface area is 153 Å². The number of thiophene rings is 1. The Morgan fingerprint density at radius 1 is 1.20 bits per heavy atom. The van der Waals surface area contributed by atoms with Gasteiger partial charge in [0.25, 0.3) is 0 Å². The molecule has 0 saturated heterocycles. The molecule has 1 aromatic carbocycles. The van der Waals surface area contributed by atoms with E-state index in [1.54, 1.807) is 34.8 Å². The Morgan fingerprint density at radius 3 is 2.68 bits per heavy atom. The molecule has 1 amide bonds. The van der Waals surface area contributed by atoms with Crippen molar-refractivity contribution in [3.63, 3.8) is 0 Å². The van der Waals surface area contributed by atoms with Crippen molar-refractivity contribution < 1.29 is 9.18 Å². The van der Waals surface area contributed by atoms with Gasteiger partial charge in [-0.2, -0.15) is 11.3 Å². The average Bonchev–Trinajstić information content (AvgIpc) is 3.09. The summed E-state index contributed by atoms with van der Waals surface area (Å²) in [4.78, 5) is 19.3. The van der Waals surface area contributed by atoms with Gasteiger partial charge in [0, 0.05) is 28.9 Å². The molecule has 2 heterocycles. The average molecular weight is 372 g/mol. The van der Waals surface area contributed by atoms with Crippen LogP contribution in [-0.4, -0.2) is 21.8 Å². The number of nitrogens with zero attached hydrogens (tertiary/aromatic N) is 2. The summed E-state index contributed by atoms with van der Waals surface area (Å²) in [7, 11) is 0. The molecular formula is C19H17FN2OS2. The molecule has 0 unspecified atom stereocenters. The molecule has 3 nitrogen and oxygen atoms in total. The largest absolute Gasteiger partial charge is 0.335 e. The quantitative estimate of drug-likeness (QED) is 0.626. The van der Waals surface area contributed by atoms with E-state index < -0.39 is 0 Å². The van der Waals surface area contributed by atoms with Crippen LogP contribution < -0.4 is 0 Å². The number of thiazole rings is 1. The van der Waals surface area contributed by atoms with E-state index in [0.717, 1.165) is 34.7 Å². The van der Waals surface area contributed by atoms with E-state index >= 15 is 0 Å². The molecule has 128 valence electrons. The normalized spacial score (nSPS) is 13.8. The lowest BCUT2D eigenvalue weighted by Crippen LogP contribution is -2.33. The number of carbonyl (C=O) groups is 1. The molecule has 6 heteroatoms. The van der Waals surface area contributed by atoms with Gasteiger partial charge >= 0.3 is 0 Å². The fourth-order valence-electron chi connectivity index (χ4n) is 2.76. The second-order valence-corrected chi connectivity index (χ2v) is 7.85. The highest BCUT2D eigenvalue weighted by atomic mass is 32.1. The first kappa shape index (κ1) is 16.4. The molecule has 0 atom stereocenters. The van der Waals surface area contributed by atoms with Crippen molar-refractivity contribution in [3.8, 4) is 10.6 Å². The topological polar surface area (TPSA) is 33.2 Å². The molecule has 25 heavy (non-hydrogen) atoms. The number of benzene rings is 1. The van der Waals surface area contributed by atoms with Crippen molar-refractivity contribution in [2.45, 2.75) is 31.8 Å². The van der Waals surface area contributed by atoms with Crippen molar-refractivity contribution >= 4 is 28.6 Å². The molecule has 1 aliphatic carbocycles. The van der Waals surface area contributed by atoms with Crippen LogP contribution in [0.4, 0.5) is 4.39 Å². The van der Waals surface area contributed by atoms with Crippen LogP contribution in [0.15, 0.2) is 46.5 Å². The Morgan fingerprint density at radius 2 is 2.00 bits per heavy atom. The van der Waals surface area contributed by atoms with Gasteiger partial charge in [0.05, 0.1) is 12.1 Å². The highest BCUT2D eigenvalue weighted by molar-refractivity contribution is 7.14. The molecule has 1 saturated carbocycles. The lowest BCUT2D eigenvalue weighted by atomic mass is 10.2. The zero-order valence-electron chi connectivity index (χ0n) is 13.5. The van der Waals surface area contributed by atoms with Gasteiger partial charge in [-0.3, -0.25) is 4.79 Å². The van der Waals surface area contributed by atoms with Gasteiger partial charge in [0.1, 0.15) is 10.8 Å². The first-order chi connectivity index (χ1) is 12.2. The predicted molar refractivity (Wildman–Crippen MR) is 99.1 cm³/mol. The minimum atomic E-state index is -0.253. The first-order valence-corrected chi connectivity index (χ1v) is 10.0. The van der Waals surface area contributed by atoms with E-state index in [2.05, 4.69) is 10.4 Å².